The normalized spacial score (nSPS) is 5.40. The molecule has 0 bridgehead atoms. The van der Waals surface area contributed by atoms with Crippen molar-refractivity contribution < 1.29 is 0 Å². The molecule has 30 valence electrons. The molecule has 0 aromatic rings. The maximum absolute atomic E-state index is 2.38. The predicted molar refractivity (Wildman–Crippen MR) is 33.3 cm³/mol. The summed E-state index contributed by atoms with van der Waals surface area (Å²) >= 11 is -0.637. The molecule has 0 nitrogen and oxygen atoms in total. The predicted octanol–water partition coefficient (Wildman–Crippen LogP) is 0.187. The van der Waals surface area contributed by atoms with E-state index in [0.717, 1.165) is 0 Å². The van der Waals surface area contributed by atoms with Gasteiger partial charge in [0.2, 0.25) is 0 Å². The van der Waals surface area contributed by atoms with Crippen LogP contribution in [0.1, 0.15) is 0 Å². The van der Waals surface area contributed by atoms with Crippen molar-refractivity contribution in [1.29, 1.82) is 0 Å². The molecule has 0 aliphatic rings. The van der Waals surface area contributed by atoms with Crippen molar-refractivity contribution in [1.82, 2.24) is 0 Å². The van der Waals surface area contributed by atoms with Gasteiger partial charge in [-0.15, -0.1) is 0 Å². The summed E-state index contributed by atoms with van der Waals surface area (Å²) in [6, 6.07) is 0. The van der Waals surface area contributed by atoms with Crippen LogP contribution < -0.4 is 0 Å². The first-order valence-corrected chi connectivity index (χ1v) is 11.6. The van der Waals surface area contributed by atoms with Gasteiger partial charge in [-0.05, 0) is 0 Å². The summed E-state index contributed by atoms with van der Waals surface area (Å²) in [5.74, 6) is 0. The molecule has 0 unspecified atom stereocenters. The zero-order valence-corrected chi connectivity index (χ0v) is 6.87. The van der Waals surface area contributed by atoms with E-state index in [1.807, 2.05) is 0 Å². The monoisotopic (exact) mass is 190 g/mol. The van der Waals surface area contributed by atoms with Crippen molar-refractivity contribution in [2.75, 3.05) is 0 Å². The van der Waals surface area contributed by atoms with E-state index in [1.165, 1.54) is 0 Å². The molecule has 0 saturated carbocycles. The molecule has 2 heteroatoms. The summed E-state index contributed by atoms with van der Waals surface area (Å²) in [6.45, 7) is 0. The average molecular weight is 190 g/mol. The van der Waals surface area contributed by atoms with Crippen molar-refractivity contribution in [3.63, 3.8) is 0 Å². The third-order valence-electron chi connectivity index (χ3n) is 0. The Kier molecular flexibility index (Phi) is 10.4. The molecule has 0 aliphatic heterocycles. The third kappa shape index (κ3) is 31.8. The van der Waals surface area contributed by atoms with E-state index in [4.69, 9.17) is 0 Å². The van der Waals surface area contributed by atoms with Gasteiger partial charge in [-0.2, -0.15) is 0 Å². The molecule has 0 rings (SSSR count). The Morgan fingerprint density at radius 2 is 1.00 bits per heavy atom. The van der Waals surface area contributed by atoms with Crippen LogP contribution in [-0.2, 0) is 0 Å². The van der Waals surface area contributed by atoms with Gasteiger partial charge < -0.3 is 0 Å². The molecule has 0 aromatic carbocycles. The molecular formula is C3H12AlIn. The van der Waals surface area contributed by atoms with Crippen LogP contribution in [0.4, 0.5) is 0 Å². The minimum atomic E-state index is -0.637. The van der Waals surface area contributed by atoms with Gasteiger partial charge in [-0.1, -0.05) is 0 Å². The molecule has 0 spiro atoms. The Hall–Kier alpha value is 1.40. The molecule has 0 fully saturated rings. The van der Waals surface area contributed by atoms with Crippen molar-refractivity contribution in [2.24, 2.45) is 0 Å². The fraction of sp³-hybridized carbons (Fsp3) is 1.00. The van der Waals surface area contributed by atoms with Crippen molar-refractivity contribution in [2.45, 2.75) is 14.0 Å². The average Bonchev–Trinajstić information content (AvgIpc) is 0.811. The van der Waals surface area contributed by atoms with Crippen LogP contribution in [0.5, 0.6) is 0 Å². The summed E-state index contributed by atoms with van der Waals surface area (Å²) < 4.78 is 7.13. The second-order valence-electron chi connectivity index (χ2n) is 1.73. The summed E-state index contributed by atoms with van der Waals surface area (Å²) in [5.41, 5.74) is 0. The summed E-state index contributed by atoms with van der Waals surface area (Å²) in [7, 11) is 0. The fourth-order valence-corrected chi connectivity index (χ4v) is 0. The standard InChI is InChI=1S/3CH3.Al.In.3H/h3*1H3;;;;;. The zero-order chi connectivity index (χ0) is 3.58. The Bertz CT molecular complexity index is 11.6. The molecule has 0 amide bonds. The van der Waals surface area contributed by atoms with E-state index >= 15 is 0 Å². The Morgan fingerprint density at radius 1 is 1.00 bits per heavy atom. The van der Waals surface area contributed by atoms with Crippen LogP contribution in [0.2, 0.25) is 14.0 Å². The van der Waals surface area contributed by atoms with Crippen LogP contribution in [0.3, 0.4) is 0 Å². The quantitative estimate of drug-likeness (QED) is 0.478. The topological polar surface area (TPSA) is 0 Å². The van der Waals surface area contributed by atoms with E-state index in [2.05, 4.69) is 14.0 Å². The van der Waals surface area contributed by atoms with Gasteiger partial charge in [0.1, 0.15) is 0 Å². The van der Waals surface area contributed by atoms with Gasteiger partial charge in [0.25, 0.3) is 0 Å². The van der Waals surface area contributed by atoms with Crippen LogP contribution in [0.25, 0.3) is 0 Å². The number of hydrogen-bond donors (Lipinski definition) is 0. The van der Waals surface area contributed by atoms with Gasteiger partial charge in [0.05, 0.1) is 0 Å². The van der Waals surface area contributed by atoms with Gasteiger partial charge in [0, 0.05) is 0 Å². The van der Waals surface area contributed by atoms with Gasteiger partial charge >= 0.3 is 35.5 Å². The number of rotatable bonds is 0. The Labute approximate surface area is 52.6 Å². The van der Waals surface area contributed by atoms with E-state index in [0.29, 0.717) is 0 Å². The van der Waals surface area contributed by atoms with Crippen molar-refractivity contribution in [3.05, 3.63) is 0 Å². The minimum absolute atomic E-state index is 0. The van der Waals surface area contributed by atoms with E-state index in [1.54, 1.807) is 0 Å². The number of hydrogen-bond acceptors (Lipinski definition) is 0. The van der Waals surface area contributed by atoms with E-state index in [-0.39, 0.29) is 17.4 Å². The van der Waals surface area contributed by atoms with Crippen LogP contribution in [-0.4, -0.2) is 38.8 Å². The molecule has 0 aromatic heterocycles. The summed E-state index contributed by atoms with van der Waals surface area (Å²) in [5, 5.41) is 0. The molecule has 0 saturated heterocycles. The zero-order valence-electron chi connectivity index (χ0n) is 3.58. The van der Waals surface area contributed by atoms with Crippen LogP contribution in [0, 0.1) is 0 Å². The van der Waals surface area contributed by atoms with Crippen LogP contribution >= 0.6 is 0 Å². The molecule has 0 N–H and O–H groups in total. The Morgan fingerprint density at radius 3 is 1.00 bits per heavy atom. The van der Waals surface area contributed by atoms with Crippen LogP contribution in [0.15, 0.2) is 0 Å². The SMILES string of the molecule is [AlH3].[CH3][In]([CH3])[CH3]. The second kappa shape index (κ2) is 5.40. The third-order valence-corrected chi connectivity index (χ3v) is 0. The fourth-order valence-electron chi connectivity index (χ4n) is 0. The van der Waals surface area contributed by atoms with Gasteiger partial charge in [-0.25, -0.2) is 0 Å². The summed E-state index contributed by atoms with van der Waals surface area (Å²) in [6.07, 6.45) is 0. The molecule has 0 aliphatic carbocycles. The van der Waals surface area contributed by atoms with Crippen molar-refractivity contribution >= 4 is 38.8 Å². The van der Waals surface area contributed by atoms with E-state index in [9.17, 15) is 0 Å². The van der Waals surface area contributed by atoms with E-state index < -0.39 is 21.4 Å². The molecular weight excluding hydrogens is 178 g/mol. The molecule has 0 heterocycles. The first-order valence-electron chi connectivity index (χ1n) is 1.73. The first kappa shape index (κ1) is 9.64. The van der Waals surface area contributed by atoms with Gasteiger partial charge in [0.15, 0.2) is 17.4 Å². The summed E-state index contributed by atoms with van der Waals surface area (Å²) in [4.78, 5) is 0. The molecule has 0 atom stereocenters. The molecule has 0 radical (unpaired) electrons. The Balaban J connectivity index is 0. The van der Waals surface area contributed by atoms with Gasteiger partial charge in [-0.3, -0.25) is 0 Å². The maximum atomic E-state index is 2.38. The first-order chi connectivity index (χ1) is 1.73. The van der Waals surface area contributed by atoms with Crippen molar-refractivity contribution in [3.8, 4) is 0 Å². The second-order valence-corrected chi connectivity index (χ2v) is 11.6. The molecule has 5 heavy (non-hydrogen) atoms.